The first kappa shape index (κ1) is 15.5. The molecule has 0 N–H and O–H groups in total. The van der Waals surface area contributed by atoms with Gasteiger partial charge in [-0.25, -0.2) is 9.97 Å². The fourth-order valence-electron chi connectivity index (χ4n) is 2.34. The van der Waals surface area contributed by atoms with E-state index < -0.39 is 0 Å². The van der Waals surface area contributed by atoms with E-state index in [4.69, 9.17) is 0 Å². The van der Waals surface area contributed by atoms with E-state index in [2.05, 4.69) is 9.97 Å². The van der Waals surface area contributed by atoms with Gasteiger partial charge < -0.3 is 4.90 Å². The van der Waals surface area contributed by atoms with Crippen molar-refractivity contribution < 1.29 is 4.79 Å². The highest BCUT2D eigenvalue weighted by Gasteiger charge is 2.21. The molecule has 1 aromatic heterocycles. The molecule has 3 aromatic rings. The molecule has 2 aromatic carbocycles. The van der Waals surface area contributed by atoms with Gasteiger partial charge in [-0.3, -0.25) is 4.79 Å². The zero-order chi connectivity index (χ0) is 16.2. The lowest BCUT2D eigenvalue weighted by atomic mass is 10.2. The molecule has 0 aliphatic carbocycles. The Morgan fingerprint density at radius 1 is 1.04 bits per heavy atom. The van der Waals surface area contributed by atoms with Crippen LogP contribution >= 0.6 is 11.8 Å². The summed E-state index contributed by atoms with van der Waals surface area (Å²) in [6, 6.07) is 17.5. The summed E-state index contributed by atoms with van der Waals surface area (Å²) in [5, 5.41) is 1.57. The number of benzene rings is 2. The molecule has 23 heavy (non-hydrogen) atoms. The van der Waals surface area contributed by atoms with Crippen molar-refractivity contribution in [3.05, 3.63) is 60.9 Å². The molecule has 0 saturated carbocycles. The van der Waals surface area contributed by atoms with E-state index in [1.54, 1.807) is 18.3 Å². The molecule has 0 radical (unpaired) electrons. The van der Waals surface area contributed by atoms with Crippen molar-refractivity contribution in [1.82, 2.24) is 9.97 Å². The van der Waals surface area contributed by atoms with Gasteiger partial charge in [0, 0.05) is 18.1 Å². The lowest BCUT2D eigenvalue weighted by Gasteiger charge is -2.21. The van der Waals surface area contributed by atoms with Crippen LogP contribution in [0.3, 0.4) is 0 Å². The predicted octanol–water partition coefficient (Wildman–Crippen LogP) is 3.77. The van der Waals surface area contributed by atoms with E-state index >= 15 is 0 Å². The number of amides is 1. The minimum Gasteiger partial charge on any atom is -0.315 e. The third-order valence-corrected chi connectivity index (χ3v) is 4.72. The first-order chi connectivity index (χ1) is 11.2. The number of anilines is 1. The number of fused-ring (bicyclic) bond motifs is 1. The van der Waals surface area contributed by atoms with Crippen molar-refractivity contribution in [3.8, 4) is 0 Å². The minimum absolute atomic E-state index is 0.0453. The van der Waals surface area contributed by atoms with Gasteiger partial charge in [0.05, 0.1) is 10.8 Å². The van der Waals surface area contributed by atoms with Crippen molar-refractivity contribution in [2.24, 2.45) is 0 Å². The average molecular weight is 323 g/mol. The summed E-state index contributed by atoms with van der Waals surface area (Å²) < 4.78 is 0. The fraction of sp³-hybridized carbons (Fsp3) is 0.167. The molecule has 0 bridgehead atoms. The van der Waals surface area contributed by atoms with Crippen molar-refractivity contribution in [1.29, 1.82) is 0 Å². The summed E-state index contributed by atoms with van der Waals surface area (Å²) in [4.78, 5) is 22.9. The minimum atomic E-state index is -0.237. The molecular formula is C18H17N3OS. The summed E-state index contributed by atoms with van der Waals surface area (Å²) in [5.41, 5.74) is 1.78. The van der Waals surface area contributed by atoms with Gasteiger partial charge in [-0.15, -0.1) is 0 Å². The molecule has 116 valence electrons. The Balaban J connectivity index is 1.80. The molecule has 1 atom stereocenters. The number of para-hydroxylation sites is 2. The van der Waals surface area contributed by atoms with Gasteiger partial charge in [0.2, 0.25) is 5.91 Å². The first-order valence-electron chi connectivity index (χ1n) is 7.36. The summed E-state index contributed by atoms with van der Waals surface area (Å²) in [7, 11) is 1.80. The Hall–Kier alpha value is -2.40. The van der Waals surface area contributed by atoms with Crippen molar-refractivity contribution >= 4 is 34.3 Å². The van der Waals surface area contributed by atoms with E-state index in [9.17, 15) is 4.79 Å². The van der Waals surface area contributed by atoms with Crippen LogP contribution < -0.4 is 4.90 Å². The summed E-state index contributed by atoms with van der Waals surface area (Å²) in [6.45, 7) is 1.91. The molecule has 0 aliphatic heterocycles. The number of rotatable bonds is 4. The lowest BCUT2D eigenvalue weighted by molar-refractivity contribution is -0.117. The lowest BCUT2D eigenvalue weighted by Crippen LogP contribution is -2.33. The third-order valence-electron chi connectivity index (χ3n) is 3.62. The largest absolute Gasteiger partial charge is 0.315 e. The SMILES string of the molecule is C[C@@H](Sc1ncnc2ccccc12)C(=O)N(C)c1ccccc1. The Kier molecular flexibility index (Phi) is 4.57. The molecule has 1 amide bonds. The van der Waals surface area contributed by atoms with E-state index in [-0.39, 0.29) is 11.2 Å². The van der Waals surface area contributed by atoms with Gasteiger partial charge in [0.25, 0.3) is 0 Å². The second-order valence-corrected chi connectivity index (χ2v) is 6.52. The van der Waals surface area contributed by atoms with Crippen LogP contribution in [0, 0.1) is 0 Å². The zero-order valence-electron chi connectivity index (χ0n) is 13.0. The van der Waals surface area contributed by atoms with Gasteiger partial charge in [0.1, 0.15) is 11.4 Å². The van der Waals surface area contributed by atoms with E-state index in [0.29, 0.717) is 0 Å². The summed E-state index contributed by atoms with van der Waals surface area (Å²) in [5.74, 6) is 0.0453. The van der Waals surface area contributed by atoms with Gasteiger partial charge in [-0.2, -0.15) is 0 Å². The van der Waals surface area contributed by atoms with Crippen molar-refractivity contribution in [2.45, 2.75) is 17.2 Å². The van der Waals surface area contributed by atoms with Crippen LogP contribution in [0.15, 0.2) is 66.0 Å². The number of hydrogen-bond acceptors (Lipinski definition) is 4. The molecule has 0 unspecified atom stereocenters. The standard InChI is InChI=1S/C18H17N3OS/c1-13(18(22)21(2)14-8-4-3-5-9-14)23-17-15-10-6-7-11-16(15)19-12-20-17/h3-13H,1-2H3/t13-/m1/s1. The van der Waals surface area contributed by atoms with Crippen LogP contribution in [0.1, 0.15) is 6.92 Å². The Morgan fingerprint density at radius 3 is 2.52 bits per heavy atom. The monoisotopic (exact) mass is 323 g/mol. The molecule has 0 aliphatic rings. The molecule has 3 rings (SSSR count). The maximum absolute atomic E-state index is 12.6. The topological polar surface area (TPSA) is 46.1 Å². The van der Waals surface area contributed by atoms with Gasteiger partial charge in [0.15, 0.2) is 0 Å². The quantitative estimate of drug-likeness (QED) is 0.541. The smallest absolute Gasteiger partial charge is 0.239 e. The van der Waals surface area contributed by atoms with Crippen LogP contribution in [0.25, 0.3) is 10.9 Å². The highest BCUT2D eigenvalue weighted by Crippen LogP contribution is 2.29. The third kappa shape index (κ3) is 3.35. The van der Waals surface area contributed by atoms with E-state index in [1.165, 1.54) is 11.8 Å². The van der Waals surface area contributed by atoms with Crippen LogP contribution in [0.4, 0.5) is 5.69 Å². The first-order valence-corrected chi connectivity index (χ1v) is 8.24. The predicted molar refractivity (Wildman–Crippen MR) is 94.7 cm³/mol. The maximum atomic E-state index is 12.6. The van der Waals surface area contributed by atoms with Gasteiger partial charge in [-0.1, -0.05) is 48.2 Å². The Bertz CT molecular complexity index is 817. The Labute approximate surface area is 139 Å². The Morgan fingerprint density at radius 2 is 1.74 bits per heavy atom. The summed E-state index contributed by atoms with van der Waals surface area (Å²) in [6.07, 6.45) is 1.54. The normalized spacial score (nSPS) is 12.1. The van der Waals surface area contributed by atoms with Crippen molar-refractivity contribution in [2.75, 3.05) is 11.9 Å². The van der Waals surface area contributed by atoms with E-state index in [0.717, 1.165) is 21.6 Å². The van der Waals surface area contributed by atoms with Gasteiger partial charge in [-0.05, 0) is 25.1 Å². The van der Waals surface area contributed by atoms with Gasteiger partial charge >= 0.3 is 0 Å². The molecule has 5 heteroatoms. The maximum Gasteiger partial charge on any atom is 0.239 e. The zero-order valence-corrected chi connectivity index (χ0v) is 13.8. The highest BCUT2D eigenvalue weighted by atomic mass is 32.2. The molecule has 1 heterocycles. The summed E-state index contributed by atoms with van der Waals surface area (Å²) >= 11 is 1.46. The number of nitrogens with zero attached hydrogens (tertiary/aromatic N) is 3. The van der Waals surface area contributed by atoms with Crippen LogP contribution in [0.5, 0.6) is 0 Å². The number of aromatic nitrogens is 2. The molecular weight excluding hydrogens is 306 g/mol. The van der Waals surface area contributed by atoms with E-state index in [1.807, 2.05) is 61.5 Å². The second kappa shape index (κ2) is 6.79. The van der Waals surface area contributed by atoms with Crippen LogP contribution in [-0.4, -0.2) is 28.2 Å². The molecule has 0 saturated heterocycles. The fourth-order valence-corrected chi connectivity index (χ4v) is 3.34. The van der Waals surface area contributed by atoms with Crippen molar-refractivity contribution in [3.63, 3.8) is 0 Å². The number of thioether (sulfide) groups is 1. The average Bonchev–Trinajstić information content (AvgIpc) is 2.61. The molecule has 0 fully saturated rings. The number of carbonyl (C=O) groups is 1. The van der Waals surface area contributed by atoms with Crippen LogP contribution in [0.2, 0.25) is 0 Å². The number of hydrogen-bond donors (Lipinski definition) is 0. The number of carbonyl (C=O) groups excluding carboxylic acids is 1. The highest BCUT2D eigenvalue weighted by molar-refractivity contribution is 8.00. The second-order valence-electron chi connectivity index (χ2n) is 5.19. The molecule has 0 spiro atoms. The van der Waals surface area contributed by atoms with Crippen LogP contribution in [-0.2, 0) is 4.79 Å². The molecule has 4 nitrogen and oxygen atoms in total.